The summed E-state index contributed by atoms with van der Waals surface area (Å²) in [6.07, 6.45) is 1.77. The summed E-state index contributed by atoms with van der Waals surface area (Å²) in [7, 11) is 0. The first-order valence-corrected chi connectivity index (χ1v) is 5.71. The summed E-state index contributed by atoms with van der Waals surface area (Å²) in [5.41, 5.74) is 0.146. The molecule has 0 saturated heterocycles. The third kappa shape index (κ3) is 7.29. The number of rotatable bonds is 8. The number of alkyl halides is 1. The molecule has 16 heavy (non-hydrogen) atoms. The van der Waals surface area contributed by atoms with Gasteiger partial charge in [-0.15, -0.1) is 11.6 Å². The average Bonchev–Trinajstić information content (AvgIpc) is 2.26. The zero-order chi connectivity index (χ0) is 12.4. The zero-order valence-corrected chi connectivity index (χ0v) is 10.2. The number of hydrogen-bond acceptors (Lipinski definition) is 4. The van der Waals surface area contributed by atoms with Gasteiger partial charge in [-0.2, -0.15) is 0 Å². The van der Waals surface area contributed by atoms with Gasteiger partial charge in [0.2, 0.25) is 0 Å². The van der Waals surface area contributed by atoms with Gasteiger partial charge in [-0.1, -0.05) is 6.58 Å². The van der Waals surface area contributed by atoms with E-state index in [0.29, 0.717) is 18.7 Å². The van der Waals surface area contributed by atoms with Crippen LogP contribution in [-0.4, -0.2) is 31.0 Å². The predicted molar refractivity (Wildman–Crippen MR) is 61.3 cm³/mol. The van der Waals surface area contributed by atoms with Crippen molar-refractivity contribution in [2.24, 2.45) is 0 Å². The van der Waals surface area contributed by atoms with E-state index >= 15 is 0 Å². The Hall–Kier alpha value is -1.03. The molecule has 0 atom stereocenters. The van der Waals surface area contributed by atoms with Crippen molar-refractivity contribution in [3.8, 4) is 0 Å². The summed E-state index contributed by atoms with van der Waals surface area (Å²) < 4.78 is 9.52. The molecule has 0 aliphatic rings. The highest BCUT2D eigenvalue weighted by molar-refractivity contribution is 6.17. The fourth-order valence-corrected chi connectivity index (χ4v) is 1.08. The lowest BCUT2D eigenvalue weighted by Crippen LogP contribution is -2.14. The molecule has 0 aromatic carbocycles. The minimum absolute atomic E-state index is 0.113. The lowest BCUT2D eigenvalue weighted by molar-refractivity contribution is -0.144. The molecule has 0 aromatic heterocycles. The van der Waals surface area contributed by atoms with E-state index < -0.39 is 5.97 Å². The van der Waals surface area contributed by atoms with Gasteiger partial charge in [0.1, 0.15) is 6.61 Å². The summed E-state index contributed by atoms with van der Waals surface area (Å²) in [6.45, 7) is 5.33. The van der Waals surface area contributed by atoms with Crippen molar-refractivity contribution in [3.05, 3.63) is 12.2 Å². The summed E-state index contributed by atoms with van der Waals surface area (Å²) in [6, 6.07) is 0. The molecule has 0 unspecified atom stereocenters. The van der Waals surface area contributed by atoms with E-state index in [2.05, 4.69) is 11.3 Å². The van der Waals surface area contributed by atoms with Crippen LogP contribution in [0.2, 0.25) is 0 Å². The Labute approximate surface area is 101 Å². The zero-order valence-electron chi connectivity index (χ0n) is 9.46. The van der Waals surface area contributed by atoms with E-state index in [1.807, 2.05) is 0 Å². The average molecular weight is 249 g/mol. The second-order valence-corrected chi connectivity index (χ2v) is 3.51. The highest BCUT2D eigenvalue weighted by Crippen LogP contribution is 2.02. The van der Waals surface area contributed by atoms with Gasteiger partial charge in [0.25, 0.3) is 0 Å². The molecule has 0 fully saturated rings. The summed E-state index contributed by atoms with van der Waals surface area (Å²) in [5, 5.41) is 0. The maximum Gasteiger partial charge on any atom is 0.336 e. The summed E-state index contributed by atoms with van der Waals surface area (Å²) in [5.74, 6) is -0.352. The lowest BCUT2D eigenvalue weighted by Gasteiger charge is -2.06. The van der Waals surface area contributed by atoms with Crippen molar-refractivity contribution in [1.82, 2.24) is 0 Å². The van der Waals surface area contributed by atoms with E-state index in [0.717, 1.165) is 6.42 Å². The van der Waals surface area contributed by atoms with Crippen LogP contribution in [0.25, 0.3) is 0 Å². The van der Waals surface area contributed by atoms with Crippen LogP contribution in [0.4, 0.5) is 0 Å². The van der Waals surface area contributed by atoms with Gasteiger partial charge >= 0.3 is 11.9 Å². The first-order chi connectivity index (χ1) is 7.61. The quantitative estimate of drug-likeness (QED) is 0.286. The fraction of sp³-hybridized carbons (Fsp3) is 0.636. The van der Waals surface area contributed by atoms with Crippen molar-refractivity contribution in [3.63, 3.8) is 0 Å². The molecule has 0 radical (unpaired) electrons. The predicted octanol–water partition coefficient (Wildman–Crippen LogP) is 2.06. The van der Waals surface area contributed by atoms with Gasteiger partial charge in [0.15, 0.2) is 0 Å². The van der Waals surface area contributed by atoms with Crippen LogP contribution in [0.5, 0.6) is 0 Å². The Kier molecular flexibility index (Phi) is 8.62. The Morgan fingerprint density at radius 3 is 2.50 bits per heavy atom. The van der Waals surface area contributed by atoms with E-state index in [4.69, 9.17) is 16.3 Å². The molecule has 4 nitrogen and oxygen atoms in total. The second-order valence-electron chi connectivity index (χ2n) is 3.13. The second kappa shape index (κ2) is 9.21. The molecule has 92 valence electrons. The minimum atomic E-state index is -0.531. The van der Waals surface area contributed by atoms with E-state index in [-0.39, 0.29) is 24.8 Å². The molecule has 0 rings (SSSR count). The Bertz CT molecular complexity index is 250. The van der Waals surface area contributed by atoms with Crippen molar-refractivity contribution < 1.29 is 19.1 Å². The Morgan fingerprint density at radius 2 is 1.94 bits per heavy atom. The Morgan fingerprint density at radius 1 is 1.25 bits per heavy atom. The molecular weight excluding hydrogens is 232 g/mol. The number of carbonyl (C=O) groups excluding carboxylic acids is 2. The normalized spacial score (nSPS) is 9.62. The number of hydrogen-bond donors (Lipinski definition) is 0. The van der Waals surface area contributed by atoms with Gasteiger partial charge in [-0.05, 0) is 19.8 Å². The minimum Gasteiger partial charge on any atom is -0.463 e. The smallest absolute Gasteiger partial charge is 0.336 e. The van der Waals surface area contributed by atoms with Crippen LogP contribution in [0, 0.1) is 0 Å². The van der Waals surface area contributed by atoms with Crippen LogP contribution in [0.15, 0.2) is 12.2 Å². The number of esters is 2. The summed E-state index contributed by atoms with van der Waals surface area (Å²) >= 11 is 5.46. The molecule has 0 bridgehead atoms. The highest BCUT2D eigenvalue weighted by Gasteiger charge is 2.10. The third-order valence-electron chi connectivity index (χ3n) is 1.74. The first-order valence-electron chi connectivity index (χ1n) is 5.18. The molecule has 0 aliphatic carbocycles. The van der Waals surface area contributed by atoms with Crippen LogP contribution >= 0.6 is 11.6 Å². The maximum absolute atomic E-state index is 11.1. The molecule has 0 amide bonds. The van der Waals surface area contributed by atoms with Gasteiger partial charge in [0, 0.05) is 12.3 Å². The van der Waals surface area contributed by atoms with E-state index in [1.54, 1.807) is 6.92 Å². The first kappa shape index (κ1) is 15.0. The molecule has 0 aliphatic heterocycles. The number of unbranched alkanes of at least 4 members (excludes halogenated alkanes) is 1. The number of ether oxygens (including phenoxy) is 2. The number of halogens is 1. The van der Waals surface area contributed by atoms with Crippen molar-refractivity contribution in [1.29, 1.82) is 0 Å². The van der Waals surface area contributed by atoms with Crippen LogP contribution in [0.1, 0.15) is 26.2 Å². The van der Waals surface area contributed by atoms with Crippen LogP contribution in [-0.2, 0) is 19.1 Å². The van der Waals surface area contributed by atoms with Crippen molar-refractivity contribution >= 4 is 23.5 Å². The molecule has 0 heterocycles. The SMILES string of the molecule is C=C(COC(=O)CCCCCl)C(=O)OCC. The fourth-order valence-electron chi connectivity index (χ4n) is 0.896. The molecular formula is C11H17ClO4. The highest BCUT2D eigenvalue weighted by atomic mass is 35.5. The third-order valence-corrected chi connectivity index (χ3v) is 2.00. The molecule has 0 saturated carbocycles. The monoisotopic (exact) mass is 248 g/mol. The van der Waals surface area contributed by atoms with Gasteiger partial charge < -0.3 is 9.47 Å². The molecule has 0 N–H and O–H groups in total. The van der Waals surface area contributed by atoms with Gasteiger partial charge in [-0.3, -0.25) is 4.79 Å². The van der Waals surface area contributed by atoms with Crippen molar-refractivity contribution in [2.75, 3.05) is 19.1 Å². The van der Waals surface area contributed by atoms with E-state index in [9.17, 15) is 9.59 Å². The lowest BCUT2D eigenvalue weighted by atomic mass is 10.2. The topological polar surface area (TPSA) is 52.6 Å². The van der Waals surface area contributed by atoms with Gasteiger partial charge in [-0.25, -0.2) is 4.79 Å². The number of carbonyl (C=O) groups is 2. The van der Waals surface area contributed by atoms with Crippen molar-refractivity contribution in [2.45, 2.75) is 26.2 Å². The molecule has 0 spiro atoms. The largest absolute Gasteiger partial charge is 0.463 e. The Balaban J connectivity index is 3.66. The molecule has 5 heteroatoms. The van der Waals surface area contributed by atoms with Gasteiger partial charge in [0.05, 0.1) is 12.2 Å². The van der Waals surface area contributed by atoms with Crippen LogP contribution in [0.3, 0.4) is 0 Å². The standard InChI is InChI=1S/C11H17ClO4/c1-3-15-11(14)9(2)8-16-10(13)6-4-5-7-12/h2-8H2,1H3. The maximum atomic E-state index is 11.1. The summed E-state index contributed by atoms with van der Waals surface area (Å²) in [4.78, 5) is 22.2. The molecule has 0 aromatic rings. The van der Waals surface area contributed by atoms with Crippen LogP contribution < -0.4 is 0 Å². The van der Waals surface area contributed by atoms with E-state index in [1.165, 1.54) is 0 Å².